The minimum atomic E-state index is -0.189. The molecule has 1 fully saturated rings. The highest BCUT2D eigenvalue weighted by atomic mass is 79.9. The normalized spacial score (nSPS) is 18.0. The Kier molecular flexibility index (Phi) is 4.99. The molecule has 19 heavy (non-hydrogen) atoms. The first-order valence-electron chi connectivity index (χ1n) is 6.87. The zero-order valence-electron chi connectivity index (χ0n) is 11.1. The summed E-state index contributed by atoms with van der Waals surface area (Å²) in [5, 5.41) is 2.98. The predicted molar refractivity (Wildman–Crippen MR) is 80.9 cm³/mol. The zero-order valence-corrected chi connectivity index (χ0v) is 12.7. The summed E-state index contributed by atoms with van der Waals surface area (Å²) in [5.74, 6) is 0.0495. The van der Waals surface area contributed by atoms with E-state index in [0.717, 1.165) is 22.9 Å². The first kappa shape index (κ1) is 14.5. The van der Waals surface area contributed by atoms with E-state index in [4.69, 9.17) is 5.73 Å². The number of carbonyl (C=O) groups is 1. The Morgan fingerprint density at radius 3 is 2.74 bits per heavy atom. The summed E-state index contributed by atoms with van der Waals surface area (Å²) in [5.41, 5.74) is 7.13. The average Bonchev–Trinajstić information content (AvgIpc) is 2.38. The lowest BCUT2D eigenvalue weighted by atomic mass is 9.82. The summed E-state index contributed by atoms with van der Waals surface area (Å²) in [6.07, 6.45) is 6.07. The van der Waals surface area contributed by atoms with E-state index in [9.17, 15) is 4.79 Å². The zero-order chi connectivity index (χ0) is 13.7. The predicted octanol–water partition coefficient (Wildman–Crippen LogP) is 2.77. The van der Waals surface area contributed by atoms with Crippen molar-refractivity contribution in [2.45, 2.75) is 44.1 Å². The molecule has 3 N–H and O–H groups in total. The van der Waals surface area contributed by atoms with E-state index in [1.165, 1.54) is 19.3 Å². The number of hydrogen-bond donors (Lipinski definition) is 2. The first-order chi connectivity index (χ1) is 9.07. The standard InChI is InChI=1S/C15H21BrN2O/c16-13-6-4-5-12(9-13)10-14(19)18-11-15(17)7-2-1-3-8-15/h4-6,9H,1-3,7-8,10-11,17H2,(H,18,19). The highest BCUT2D eigenvalue weighted by Crippen LogP contribution is 2.25. The fraction of sp³-hybridized carbons (Fsp3) is 0.533. The van der Waals surface area contributed by atoms with Gasteiger partial charge in [-0.05, 0) is 30.5 Å². The summed E-state index contributed by atoms with van der Waals surface area (Å²) < 4.78 is 1.00. The van der Waals surface area contributed by atoms with Crippen LogP contribution in [0.15, 0.2) is 28.7 Å². The molecule has 1 aliphatic rings. The Morgan fingerprint density at radius 1 is 1.32 bits per heavy atom. The second-order valence-corrected chi connectivity index (χ2v) is 6.42. The van der Waals surface area contributed by atoms with Gasteiger partial charge in [0.05, 0.1) is 6.42 Å². The monoisotopic (exact) mass is 324 g/mol. The lowest BCUT2D eigenvalue weighted by molar-refractivity contribution is -0.120. The quantitative estimate of drug-likeness (QED) is 0.894. The molecule has 1 aromatic rings. The Morgan fingerprint density at radius 2 is 2.05 bits per heavy atom. The summed E-state index contributed by atoms with van der Waals surface area (Å²) in [4.78, 5) is 11.9. The van der Waals surface area contributed by atoms with Crippen molar-refractivity contribution in [2.75, 3.05) is 6.54 Å². The van der Waals surface area contributed by atoms with Gasteiger partial charge in [0, 0.05) is 16.6 Å². The molecule has 104 valence electrons. The minimum absolute atomic E-state index is 0.0495. The van der Waals surface area contributed by atoms with Crippen LogP contribution >= 0.6 is 15.9 Å². The maximum absolute atomic E-state index is 11.9. The highest BCUT2D eigenvalue weighted by Gasteiger charge is 2.27. The Hall–Kier alpha value is -0.870. The van der Waals surface area contributed by atoms with Gasteiger partial charge in [-0.25, -0.2) is 0 Å². The van der Waals surface area contributed by atoms with E-state index in [1.54, 1.807) is 0 Å². The number of amides is 1. The van der Waals surface area contributed by atoms with Crippen molar-refractivity contribution in [3.63, 3.8) is 0 Å². The molecule has 1 aliphatic carbocycles. The fourth-order valence-corrected chi connectivity index (χ4v) is 3.05. The third kappa shape index (κ3) is 4.62. The molecule has 3 nitrogen and oxygen atoms in total. The molecule has 0 radical (unpaired) electrons. The van der Waals surface area contributed by atoms with Crippen LogP contribution in [0.5, 0.6) is 0 Å². The van der Waals surface area contributed by atoms with E-state index in [0.29, 0.717) is 13.0 Å². The van der Waals surface area contributed by atoms with Crippen molar-refractivity contribution in [2.24, 2.45) is 5.73 Å². The summed E-state index contributed by atoms with van der Waals surface area (Å²) in [6, 6.07) is 7.83. The molecule has 0 unspecified atom stereocenters. The van der Waals surface area contributed by atoms with E-state index in [-0.39, 0.29) is 11.4 Å². The van der Waals surface area contributed by atoms with Gasteiger partial charge >= 0.3 is 0 Å². The van der Waals surface area contributed by atoms with Crippen molar-refractivity contribution in [1.29, 1.82) is 0 Å². The van der Waals surface area contributed by atoms with Gasteiger partial charge in [0.2, 0.25) is 5.91 Å². The van der Waals surface area contributed by atoms with Crippen molar-refractivity contribution in [3.05, 3.63) is 34.3 Å². The number of benzene rings is 1. The van der Waals surface area contributed by atoms with Crippen LogP contribution in [-0.2, 0) is 11.2 Å². The van der Waals surface area contributed by atoms with E-state index in [1.807, 2.05) is 24.3 Å². The number of hydrogen-bond acceptors (Lipinski definition) is 2. The van der Waals surface area contributed by atoms with Gasteiger partial charge in [0.1, 0.15) is 0 Å². The van der Waals surface area contributed by atoms with Crippen LogP contribution in [0, 0.1) is 0 Å². The molecule has 2 rings (SSSR count). The second kappa shape index (κ2) is 6.53. The number of rotatable bonds is 4. The summed E-state index contributed by atoms with van der Waals surface area (Å²) >= 11 is 3.41. The number of nitrogens with two attached hydrogens (primary N) is 1. The Balaban J connectivity index is 1.81. The van der Waals surface area contributed by atoms with Gasteiger partial charge in [0.15, 0.2) is 0 Å². The number of carbonyl (C=O) groups excluding carboxylic acids is 1. The van der Waals surface area contributed by atoms with Crippen LogP contribution in [0.2, 0.25) is 0 Å². The number of halogens is 1. The molecule has 0 aromatic heterocycles. The van der Waals surface area contributed by atoms with Crippen LogP contribution in [0.25, 0.3) is 0 Å². The molecule has 0 saturated heterocycles. The largest absolute Gasteiger partial charge is 0.354 e. The maximum atomic E-state index is 11.9. The molecule has 1 aromatic carbocycles. The van der Waals surface area contributed by atoms with Gasteiger partial charge in [-0.2, -0.15) is 0 Å². The SMILES string of the molecule is NC1(CNC(=O)Cc2cccc(Br)c2)CCCCC1. The Bertz CT molecular complexity index is 442. The Labute approximate surface area is 123 Å². The van der Waals surface area contributed by atoms with Crippen LogP contribution in [0.1, 0.15) is 37.7 Å². The molecule has 0 heterocycles. The molecule has 1 amide bonds. The molecule has 0 aliphatic heterocycles. The lowest BCUT2D eigenvalue weighted by Gasteiger charge is -2.33. The molecular formula is C15H21BrN2O. The van der Waals surface area contributed by atoms with Crippen molar-refractivity contribution < 1.29 is 4.79 Å². The van der Waals surface area contributed by atoms with Gasteiger partial charge in [-0.3, -0.25) is 4.79 Å². The maximum Gasteiger partial charge on any atom is 0.224 e. The van der Waals surface area contributed by atoms with Crippen molar-refractivity contribution in [3.8, 4) is 0 Å². The summed E-state index contributed by atoms with van der Waals surface area (Å²) in [6.45, 7) is 0.597. The second-order valence-electron chi connectivity index (χ2n) is 5.51. The van der Waals surface area contributed by atoms with Gasteiger partial charge < -0.3 is 11.1 Å². The third-order valence-electron chi connectivity index (χ3n) is 3.74. The topological polar surface area (TPSA) is 55.1 Å². The highest BCUT2D eigenvalue weighted by molar-refractivity contribution is 9.10. The van der Waals surface area contributed by atoms with Gasteiger partial charge in [-0.1, -0.05) is 47.3 Å². The molecular weight excluding hydrogens is 304 g/mol. The first-order valence-corrected chi connectivity index (χ1v) is 7.67. The molecule has 4 heteroatoms. The molecule has 0 atom stereocenters. The third-order valence-corrected chi connectivity index (χ3v) is 4.23. The summed E-state index contributed by atoms with van der Waals surface area (Å²) in [7, 11) is 0. The molecule has 0 bridgehead atoms. The lowest BCUT2D eigenvalue weighted by Crippen LogP contribution is -2.51. The average molecular weight is 325 g/mol. The van der Waals surface area contributed by atoms with Gasteiger partial charge in [0.25, 0.3) is 0 Å². The van der Waals surface area contributed by atoms with Crippen LogP contribution in [-0.4, -0.2) is 18.0 Å². The van der Waals surface area contributed by atoms with Crippen molar-refractivity contribution in [1.82, 2.24) is 5.32 Å². The molecule has 1 saturated carbocycles. The van der Waals surface area contributed by atoms with E-state index < -0.39 is 0 Å². The molecule has 0 spiro atoms. The van der Waals surface area contributed by atoms with E-state index in [2.05, 4.69) is 21.2 Å². The smallest absolute Gasteiger partial charge is 0.224 e. The van der Waals surface area contributed by atoms with Crippen LogP contribution in [0.3, 0.4) is 0 Å². The number of nitrogens with one attached hydrogen (secondary N) is 1. The fourth-order valence-electron chi connectivity index (χ4n) is 2.60. The minimum Gasteiger partial charge on any atom is -0.354 e. The van der Waals surface area contributed by atoms with Crippen LogP contribution < -0.4 is 11.1 Å². The van der Waals surface area contributed by atoms with Crippen molar-refractivity contribution >= 4 is 21.8 Å². The van der Waals surface area contributed by atoms with Gasteiger partial charge in [-0.15, -0.1) is 0 Å². The van der Waals surface area contributed by atoms with E-state index >= 15 is 0 Å². The van der Waals surface area contributed by atoms with Crippen LogP contribution in [0.4, 0.5) is 0 Å².